The molecule has 0 fully saturated rings. The van der Waals surface area contributed by atoms with Gasteiger partial charge in [-0.3, -0.25) is 10.0 Å². The first-order chi connectivity index (χ1) is 7.77. The number of carbonyl (C=O) groups excluding carboxylic acids is 1. The van der Waals surface area contributed by atoms with Crippen molar-refractivity contribution in [1.29, 1.82) is 0 Å². The Morgan fingerprint density at radius 2 is 2.00 bits per heavy atom. The van der Waals surface area contributed by atoms with E-state index in [0.717, 1.165) is 11.1 Å². The van der Waals surface area contributed by atoms with E-state index in [1.54, 1.807) is 25.4 Å². The molecule has 4 nitrogen and oxygen atoms in total. The number of carbonyl (C=O) groups is 1. The smallest absolute Gasteiger partial charge is 0.286 e. The molecule has 0 aliphatic heterocycles. The standard InChI is InChI=1S/C12H16ClNO3/c1-7-5-8(2)10(9(13)6-7)17-12(3,4)11(15)14-16/h5-6,16H,1-4H3,(H,14,15). The van der Waals surface area contributed by atoms with Gasteiger partial charge in [-0.15, -0.1) is 0 Å². The lowest BCUT2D eigenvalue weighted by molar-refractivity contribution is -0.143. The van der Waals surface area contributed by atoms with E-state index in [2.05, 4.69) is 0 Å². The first-order valence-electron chi connectivity index (χ1n) is 5.18. The van der Waals surface area contributed by atoms with Crippen molar-refractivity contribution in [2.45, 2.75) is 33.3 Å². The molecule has 0 radical (unpaired) electrons. The molecule has 0 unspecified atom stereocenters. The molecule has 1 aromatic carbocycles. The molecular weight excluding hydrogens is 242 g/mol. The Bertz CT molecular complexity index is 420. The molecule has 1 amide bonds. The molecular formula is C12H16ClNO3. The Balaban J connectivity index is 3.07. The highest BCUT2D eigenvalue weighted by atomic mass is 35.5. The maximum absolute atomic E-state index is 11.4. The molecule has 17 heavy (non-hydrogen) atoms. The first-order valence-corrected chi connectivity index (χ1v) is 5.56. The number of amides is 1. The minimum atomic E-state index is -1.20. The summed E-state index contributed by atoms with van der Waals surface area (Å²) >= 11 is 6.07. The maximum atomic E-state index is 11.4. The van der Waals surface area contributed by atoms with Crippen molar-refractivity contribution in [3.63, 3.8) is 0 Å². The van der Waals surface area contributed by atoms with E-state index in [1.165, 1.54) is 0 Å². The van der Waals surface area contributed by atoms with Crippen LogP contribution in [0, 0.1) is 13.8 Å². The molecule has 0 aromatic heterocycles. The first kappa shape index (κ1) is 13.8. The van der Waals surface area contributed by atoms with Gasteiger partial charge in [0.15, 0.2) is 5.60 Å². The van der Waals surface area contributed by atoms with Crippen LogP contribution in [0.3, 0.4) is 0 Å². The summed E-state index contributed by atoms with van der Waals surface area (Å²) in [4.78, 5) is 11.4. The number of halogens is 1. The number of hydroxylamine groups is 1. The van der Waals surface area contributed by atoms with Crippen molar-refractivity contribution in [3.05, 3.63) is 28.3 Å². The normalized spacial score (nSPS) is 11.2. The third-order valence-corrected chi connectivity index (χ3v) is 2.66. The predicted octanol–water partition coefficient (Wildman–Crippen LogP) is 2.62. The maximum Gasteiger partial charge on any atom is 0.286 e. The van der Waals surface area contributed by atoms with E-state index in [0.29, 0.717) is 10.8 Å². The van der Waals surface area contributed by atoms with Crippen LogP contribution in [0.2, 0.25) is 5.02 Å². The molecule has 0 spiro atoms. The number of rotatable bonds is 3. The van der Waals surface area contributed by atoms with E-state index in [-0.39, 0.29) is 0 Å². The average Bonchev–Trinajstić information content (AvgIpc) is 2.22. The lowest BCUT2D eigenvalue weighted by Crippen LogP contribution is -2.45. The molecule has 2 N–H and O–H groups in total. The monoisotopic (exact) mass is 257 g/mol. The Hall–Kier alpha value is -1.26. The zero-order valence-corrected chi connectivity index (χ0v) is 11.1. The molecule has 1 aromatic rings. The van der Waals surface area contributed by atoms with Gasteiger partial charge in [-0.2, -0.15) is 0 Å². The largest absolute Gasteiger partial charge is 0.476 e. The minimum absolute atomic E-state index is 0.446. The summed E-state index contributed by atoms with van der Waals surface area (Å²) < 4.78 is 5.57. The fourth-order valence-corrected chi connectivity index (χ4v) is 1.83. The van der Waals surface area contributed by atoms with Gasteiger partial charge < -0.3 is 4.74 Å². The fraction of sp³-hybridized carbons (Fsp3) is 0.417. The molecule has 1 rings (SSSR count). The van der Waals surface area contributed by atoms with Crippen molar-refractivity contribution in [2.75, 3.05) is 0 Å². The third-order valence-electron chi connectivity index (χ3n) is 2.38. The highest BCUT2D eigenvalue weighted by molar-refractivity contribution is 6.32. The summed E-state index contributed by atoms with van der Waals surface area (Å²) in [6.07, 6.45) is 0. The van der Waals surface area contributed by atoms with E-state index in [9.17, 15) is 4.79 Å². The second-order valence-electron chi connectivity index (χ2n) is 4.45. The summed E-state index contributed by atoms with van der Waals surface area (Å²) in [5.41, 5.74) is 2.23. The van der Waals surface area contributed by atoms with Crippen LogP contribution < -0.4 is 10.2 Å². The lowest BCUT2D eigenvalue weighted by atomic mass is 10.1. The van der Waals surface area contributed by atoms with Gasteiger partial charge in [0, 0.05) is 0 Å². The Morgan fingerprint density at radius 3 is 2.47 bits per heavy atom. The van der Waals surface area contributed by atoms with Crippen molar-refractivity contribution < 1.29 is 14.7 Å². The molecule has 0 atom stereocenters. The van der Waals surface area contributed by atoms with Crippen LogP contribution in [-0.4, -0.2) is 16.7 Å². The molecule has 0 saturated heterocycles. The fourth-order valence-electron chi connectivity index (χ4n) is 1.47. The van der Waals surface area contributed by atoms with Gasteiger partial charge in [0.2, 0.25) is 0 Å². The zero-order chi connectivity index (χ0) is 13.2. The highest BCUT2D eigenvalue weighted by Crippen LogP contribution is 2.32. The van der Waals surface area contributed by atoms with Crippen molar-refractivity contribution >= 4 is 17.5 Å². The van der Waals surface area contributed by atoms with Crippen LogP contribution in [-0.2, 0) is 4.79 Å². The minimum Gasteiger partial charge on any atom is -0.476 e. The van der Waals surface area contributed by atoms with Gasteiger partial charge in [-0.1, -0.05) is 17.7 Å². The number of aryl methyl sites for hydroxylation is 2. The van der Waals surface area contributed by atoms with Gasteiger partial charge in [0.1, 0.15) is 5.75 Å². The van der Waals surface area contributed by atoms with Gasteiger partial charge in [0.25, 0.3) is 5.91 Å². The lowest BCUT2D eigenvalue weighted by Gasteiger charge is -2.25. The van der Waals surface area contributed by atoms with E-state index in [4.69, 9.17) is 21.5 Å². The predicted molar refractivity (Wildman–Crippen MR) is 65.6 cm³/mol. The Morgan fingerprint density at radius 1 is 1.41 bits per heavy atom. The molecule has 94 valence electrons. The Labute approximate surface area is 105 Å². The van der Waals surface area contributed by atoms with Crippen molar-refractivity contribution in [2.24, 2.45) is 0 Å². The van der Waals surface area contributed by atoms with Crippen LogP contribution in [0.1, 0.15) is 25.0 Å². The number of hydrogen-bond acceptors (Lipinski definition) is 3. The van der Waals surface area contributed by atoms with Crippen LogP contribution in [0.4, 0.5) is 0 Å². The molecule has 0 bridgehead atoms. The zero-order valence-electron chi connectivity index (χ0n) is 10.3. The summed E-state index contributed by atoms with van der Waals surface area (Å²) in [5.74, 6) is -0.181. The van der Waals surface area contributed by atoms with Gasteiger partial charge in [-0.05, 0) is 44.9 Å². The van der Waals surface area contributed by atoms with Crippen LogP contribution in [0.5, 0.6) is 5.75 Å². The molecule has 5 heteroatoms. The van der Waals surface area contributed by atoms with Gasteiger partial charge in [0.05, 0.1) is 5.02 Å². The van der Waals surface area contributed by atoms with Crippen molar-refractivity contribution in [1.82, 2.24) is 5.48 Å². The van der Waals surface area contributed by atoms with Crippen LogP contribution >= 0.6 is 11.6 Å². The summed E-state index contributed by atoms with van der Waals surface area (Å²) in [6.45, 7) is 6.87. The summed E-state index contributed by atoms with van der Waals surface area (Å²) in [6, 6.07) is 3.67. The molecule has 0 heterocycles. The number of ether oxygens (including phenoxy) is 1. The summed E-state index contributed by atoms with van der Waals surface area (Å²) in [7, 11) is 0. The molecule has 0 saturated carbocycles. The topological polar surface area (TPSA) is 58.6 Å². The highest BCUT2D eigenvalue weighted by Gasteiger charge is 2.31. The van der Waals surface area contributed by atoms with E-state index >= 15 is 0 Å². The van der Waals surface area contributed by atoms with E-state index in [1.807, 2.05) is 19.9 Å². The van der Waals surface area contributed by atoms with E-state index < -0.39 is 11.5 Å². The summed E-state index contributed by atoms with van der Waals surface area (Å²) in [5, 5.41) is 9.06. The number of nitrogens with one attached hydrogen (secondary N) is 1. The van der Waals surface area contributed by atoms with Gasteiger partial charge >= 0.3 is 0 Å². The molecule has 0 aliphatic rings. The van der Waals surface area contributed by atoms with Gasteiger partial charge in [-0.25, -0.2) is 5.48 Å². The second kappa shape index (κ2) is 4.94. The third kappa shape index (κ3) is 3.11. The van der Waals surface area contributed by atoms with Crippen molar-refractivity contribution in [3.8, 4) is 5.75 Å². The second-order valence-corrected chi connectivity index (χ2v) is 4.85. The Kier molecular flexibility index (Phi) is 4.01. The van der Waals surface area contributed by atoms with Crippen LogP contribution in [0.25, 0.3) is 0 Å². The number of benzene rings is 1. The number of hydrogen-bond donors (Lipinski definition) is 2. The average molecular weight is 258 g/mol. The van der Waals surface area contributed by atoms with Crippen LogP contribution in [0.15, 0.2) is 12.1 Å². The quantitative estimate of drug-likeness (QED) is 0.646. The SMILES string of the molecule is Cc1cc(C)c(OC(C)(C)C(=O)NO)c(Cl)c1. The molecule has 0 aliphatic carbocycles.